The second-order valence-electron chi connectivity index (χ2n) is 33.5. The van der Waals surface area contributed by atoms with Crippen molar-refractivity contribution in [2.24, 2.45) is 0 Å². The maximum absolute atomic E-state index is 13.2. The molecule has 2 aromatic carbocycles. The molecule has 0 aliphatic rings. The predicted molar refractivity (Wildman–Crippen MR) is 518 cm³/mol. The minimum absolute atomic E-state index is 0.141. The van der Waals surface area contributed by atoms with Crippen molar-refractivity contribution in [2.75, 3.05) is 99.0 Å². The molecule has 131 heavy (non-hydrogen) atoms. The SMILES string of the molecule is C=CC(=O)OCCCCCCCCCCCOCc1cc(C(=O)NCC(=O)O)cc(COCCCCCCCCCCCOC(=O)C=C)c1OCCCCCCCCCCCOC(=O)C=C.C=CC(=O)OCCCCCCCCCCCOCc1cc(C(=O)NCCO)cc(COCCCCCCCCCCCOC(=O)C=C)c1OCCCCCCCCCCCOC(=O)C=C. The number of esters is 6. The van der Waals surface area contributed by atoms with Gasteiger partial charge in [-0.15, -0.1) is 0 Å². The van der Waals surface area contributed by atoms with Crippen molar-refractivity contribution in [3.8, 4) is 11.5 Å². The summed E-state index contributed by atoms with van der Waals surface area (Å²) >= 11 is 0. The number of nitrogens with one attached hydrogen (secondary N) is 2. The number of aliphatic carboxylic acids is 1. The number of carboxylic acids is 1. The number of hydrogen-bond donors (Lipinski definition) is 4. The Kier molecular flexibility index (Phi) is 83.4. The largest absolute Gasteiger partial charge is 0.493 e. The van der Waals surface area contributed by atoms with Crippen LogP contribution in [0.25, 0.3) is 0 Å². The van der Waals surface area contributed by atoms with Crippen LogP contribution in [0, 0.1) is 0 Å². The molecular weight excluding hydrogens is 1670 g/mol. The number of unbranched alkanes of at least 4 members (excludes halogenated alkanes) is 48. The first-order valence-electron chi connectivity index (χ1n) is 50.1. The summed E-state index contributed by atoms with van der Waals surface area (Å²) < 4.78 is 68.0. The van der Waals surface area contributed by atoms with Crippen molar-refractivity contribution in [1.82, 2.24) is 10.6 Å². The minimum Gasteiger partial charge on any atom is -0.493 e. The summed E-state index contributed by atoms with van der Waals surface area (Å²) in [7, 11) is 0. The van der Waals surface area contributed by atoms with Crippen LogP contribution in [0.3, 0.4) is 0 Å². The normalized spacial score (nSPS) is 10.9. The van der Waals surface area contributed by atoms with E-state index in [-0.39, 0.29) is 68.1 Å². The third kappa shape index (κ3) is 74.6. The molecule has 0 aromatic heterocycles. The lowest BCUT2D eigenvalue weighted by atomic mass is 10.0. The zero-order valence-corrected chi connectivity index (χ0v) is 80.6. The third-order valence-electron chi connectivity index (χ3n) is 22.1. The highest BCUT2D eigenvalue weighted by atomic mass is 16.6. The number of benzene rings is 2. The summed E-state index contributed by atoms with van der Waals surface area (Å²) in [5.41, 5.74) is 3.99. The summed E-state index contributed by atoms with van der Waals surface area (Å²) in [5.74, 6) is -2.62. The van der Waals surface area contributed by atoms with Gasteiger partial charge in [0.05, 0.1) is 85.9 Å². The van der Waals surface area contributed by atoms with Gasteiger partial charge in [0.2, 0.25) is 0 Å². The fourth-order valence-corrected chi connectivity index (χ4v) is 14.6. The molecule has 0 unspecified atom stereocenters. The van der Waals surface area contributed by atoms with Gasteiger partial charge in [-0.25, -0.2) is 28.8 Å². The first kappa shape index (κ1) is 121. The van der Waals surface area contributed by atoms with Gasteiger partial charge in [0.25, 0.3) is 11.8 Å². The van der Waals surface area contributed by atoms with Crippen LogP contribution < -0.4 is 20.1 Å². The van der Waals surface area contributed by atoms with Crippen LogP contribution in [-0.4, -0.2) is 163 Å². The second-order valence-corrected chi connectivity index (χ2v) is 33.5. The average molecular weight is 1840 g/mol. The first-order valence-corrected chi connectivity index (χ1v) is 50.1. The fraction of sp³-hybridized carbons (Fsp3) is 0.689. The Labute approximate surface area is 787 Å². The molecule has 0 heterocycles. The van der Waals surface area contributed by atoms with Crippen molar-refractivity contribution in [3.63, 3.8) is 0 Å². The van der Waals surface area contributed by atoms with E-state index in [9.17, 15) is 53.4 Å². The van der Waals surface area contributed by atoms with Gasteiger partial charge in [-0.3, -0.25) is 14.4 Å². The molecular formula is C106H172N2O23. The van der Waals surface area contributed by atoms with Gasteiger partial charge < -0.3 is 77.7 Å². The molecule has 2 rings (SSSR count). The minimum atomic E-state index is -1.12. The Morgan fingerprint density at radius 1 is 0.244 bits per heavy atom. The Morgan fingerprint density at radius 2 is 0.412 bits per heavy atom. The van der Waals surface area contributed by atoms with E-state index in [4.69, 9.17) is 56.8 Å². The topological polar surface area (TPSA) is 329 Å². The zero-order valence-electron chi connectivity index (χ0n) is 80.6. The Balaban J connectivity index is 0.00000131. The molecule has 0 bridgehead atoms. The predicted octanol–water partition coefficient (Wildman–Crippen LogP) is 23.2. The van der Waals surface area contributed by atoms with Gasteiger partial charge in [0.15, 0.2) is 0 Å². The van der Waals surface area contributed by atoms with E-state index in [1.165, 1.54) is 107 Å². The van der Waals surface area contributed by atoms with Gasteiger partial charge in [-0.05, 0) is 101 Å². The van der Waals surface area contributed by atoms with Crippen LogP contribution in [0.2, 0.25) is 0 Å². The summed E-state index contributed by atoms with van der Waals surface area (Å²) in [6, 6.07) is 7.22. The molecule has 0 spiro atoms. The van der Waals surface area contributed by atoms with Crippen LogP contribution in [-0.2, 0) is 107 Å². The second kappa shape index (κ2) is 90.7. The van der Waals surface area contributed by atoms with Gasteiger partial charge in [-0.2, -0.15) is 0 Å². The van der Waals surface area contributed by atoms with E-state index in [1.807, 2.05) is 12.1 Å². The van der Waals surface area contributed by atoms with Crippen LogP contribution in [0.4, 0.5) is 0 Å². The lowest BCUT2D eigenvalue weighted by molar-refractivity contribution is -0.138. The molecule has 0 fully saturated rings. The van der Waals surface area contributed by atoms with Gasteiger partial charge >= 0.3 is 41.8 Å². The lowest BCUT2D eigenvalue weighted by Crippen LogP contribution is -2.29. The highest BCUT2D eigenvalue weighted by Crippen LogP contribution is 2.32. The van der Waals surface area contributed by atoms with Crippen LogP contribution >= 0.6 is 0 Å². The number of carbonyl (C=O) groups is 9. The average Bonchev–Trinajstić information content (AvgIpc) is 0.818. The van der Waals surface area contributed by atoms with Crippen molar-refractivity contribution in [3.05, 3.63) is 134 Å². The van der Waals surface area contributed by atoms with Gasteiger partial charge in [0, 0.05) is 103 Å². The van der Waals surface area contributed by atoms with E-state index in [0.29, 0.717) is 109 Å². The highest BCUT2D eigenvalue weighted by molar-refractivity contribution is 5.96. The maximum Gasteiger partial charge on any atom is 0.330 e. The van der Waals surface area contributed by atoms with E-state index in [2.05, 4.69) is 50.1 Å². The summed E-state index contributed by atoms with van der Waals surface area (Å²) in [5, 5.41) is 23.9. The van der Waals surface area contributed by atoms with Crippen LogP contribution in [0.15, 0.2) is 100 Å². The van der Waals surface area contributed by atoms with E-state index in [0.717, 1.165) is 304 Å². The molecule has 0 aliphatic carbocycles. The molecule has 744 valence electrons. The van der Waals surface area contributed by atoms with Crippen LogP contribution in [0.5, 0.6) is 11.5 Å². The van der Waals surface area contributed by atoms with E-state index >= 15 is 0 Å². The maximum atomic E-state index is 13.2. The van der Waals surface area contributed by atoms with Crippen molar-refractivity contribution in [2.45, 2.75) is 373 Å². The summed E-state index contributed by atoms with van der Waals surface area (Å²) in [4.78, 5) is 104. The number of hydrogen-bond acceptors (Lipinski definition) is 22. The number of amides is 2. The smallest absolute Gasteiger partial charge is 0.330 e. The molecule has 0 atom stereocenters. The Hall–Kier alpha value is -8.49. The lowest BCUT2D eigenvalue weighted by Gasteiger charge is -2.19. The molecule has 2 amide bonds. The zero-order chi connectivity index (χ0) is 95.4. The third-order valence-corrected chi connectivity index (χ3v) is 22.1. The molecule has 0 radical (unpaired) electrons. The number of carbonyl (C=O) groups excluding carboxylic acids is 8. The number of rotatable bonds is 94. The number of ether oxygens (including phenoxy) is 12. The quantitative estimate of drug-likeness (QED) is 0.0207. The standard InChI is InChI=1S/C53H85NO12.C53H87NO11/c1-4-49(57)63-36-30-24-18-12-7-10-16-22-28-34-61-43-46-40-45(53(60)54-42-48(55)56)41-47(44-62-35-29-23-17-11-8-13-19-25-31-37-64-50(58)5-2)52(46)66-39-33-27-21-15-9-14-20-26-32-38-65-51(59)6-3;1-4-49(56)62-38-30-24-18-12-7-10-16-22-28-36-60-44-47-42-46(53(59)54-34-35-55)43-48(45-61-37-29-23-17-11-8-13-19-25-31-39-63-50(57)5-2)52(47)65-41-33-27-21-15-9-14-20-26-32-40-64-51(58)6-3/h4-6,40-41H,1-3,7-39,42-44H2,(H,54,60)(H,55,56);4-6,42-43,55H,1-3,7-41,44-45H2,(H,54,59). The molecule has 0 saturated carbocycles. The van der Waals surface area contributed by atoms with E-state index < -0.39 is 18.4 Å². The number of aliphatic hydroxyl groups is 1. The molecule has 25 heteroatoms. The fourth-order valence-electron chi connectivity index (χ4n) is 14.6. The van der Waals surface area contributed by atoms with E-state index in [1.54, 1.807) is 12.1 Å². The summed E-state index contributed by atoms with van der Waals surface area (Å²) in [6.45, 7) is 27.4. The molecule has 2 aromatic rings. The first-order chi connectivity index (χ1) is 64.1. The van der Waals surface area contributed by atoms with Crippen molar-refractivity contribution >= 4 is 53.6 Å². The highest BCUT2D eigenvalue weighted by Gasteiger charge is 2.21. The van der Waals surface area contributed by atoms with Gasteiger partial charge in [0.1, 0.15) is 18.0 Å². The van der Waals surface area contributed by atoms with Crippen LogP contribution in [0.1, 0.15) is 390 Å². The van der Waals surface area contributed by atoms with Crippen molar-refractivity contribution < 1.29 is 110 Å². The molecule has 0 saturated heterocycles. The van der Waals surface area contributed by atoms with Crippen molar-refractivity contribution in [1.29, 1.82) is 0 Å². The Morgan fingerprint density at radius 3 is 0.588 bits per heavy atom. The molecule has 25 nitrogen and oxygen atoms in total. The molecule has 0 aliphatic heterocycles. The number of aliphatic hydroxyl groups excluding tert-OH is 1. The monoisotopic (exact) mass is 1840 g/mol. The Bertz CT molecular complexity index is 3200. The summed E-state index contributed by atoms with van der Waals surface area (Å²) in [6.07, 6.45) is 65.5. The van der Waals surface area contributed by atoms with Gasteiger partial charge in [-0.1, -0.05) is 309 Å². The number of carboxylic acid groups (broad SMARTS) is 1. The molecule has 4 N–H and O–H groups in total.